The molecule has 1 N–H and O–H groups in total. The Morgan fingerprint density at radius 2 is 2.05 bits per heavy atom. The first-order valence-electron chi connectivity index (χ1n) is 7.07. The Bertz CT molecular complexity index is 487. The average Bonchev–Trinajstić information content (AvgIpc) is 2.96. The lowest BCUT2D eigenvalue weighted by molar-refractivity contribution is -0.128. The first-order chi connectivity index (χ1) is 9.66. The molecule has 20 heavy (non-hydrogen) atoms. The molecule has 1 aromatic carbocycles. The standard InChI is InChI=1S/C16H20N2O2/c1-13(20-14-7-3-2-4-8-14)11-18-15(19)16(12-17)9-5-6-10-16/h2-4,7-8,13H,5-6,9-11H2,1H3,(H,18,19). The average molecular weight is 272 g/mol. The summed E-state index contributed by atoms with van der Waals surface area (Å²) < 4.78 is 5.70. The van der Waals surface area contributed by atoms with Gasteiger partial charge in [0.05, 0.1) is 12.6 Å². The summed E-state index contributed by atoms with van der Waals surface area (Å²) >= 11 is 0. The number of hydrogen-bond acceptors (Lipinski definition) is 3. The van der Waals surface area contributed by atoms with Crippen LogP contribution >= 0.6 is 0 Å². The fourth-order valence-corrected chi connectivity index (χ4v) is 2.55. The summed E-state index contributed by atoms with van der Waals surface area (Å²) in [5.74, 6) is 0.631. The summed E-state index contributed by atoms with van der Waals surface area (Å²) in [5, 5.41) is 12.1. The van der Waals surface area contributed by atoms with Crippen LogP contribution < -0.4 is 10.1 Å². The molecule has 1 aromatic rings. The minimum absolute atomic E-state index is 0.126. The van der Waals surface area contributed by atoms with Crippen molar-refractivity contribution >= 4 is 5.91 Å². The van der Waals surface area contributed by atoms with Crippen LogP contribution in [0.1, 0.15) is 32.6 Å². The molecule has 0 spiro atoms. The van der Waals surface area contributed by atoms with Crippen molar-refractivity contribution in [2.45, 2.75) is 38.7 Å². The van der Waals surface area contributed by atoms with Crippen molar-refractivity contribution in [1.29, 1.82) is 5.26 Å². The lowest BCUT2D eigenvalue weighted by atomic mass is 9.87. The Morgan fingerprint density at radius 3 is 2.65 bits per heavy atom. The van der Waals surface area contributed by atoms with Gasteiger partial charge in [-0.3, -0.25) is 4.79 Å². The van der Waals surface area contributed by atoms with E-state index < -0.39 is 5.41 Å². The second-order valence-corrected chi connectivity index (χ2v) is 5.35. The molecule has 0 bridgehead atoms. The summed E-state index contributed by atoms with van der Waals surface area (Å²) in [5.41, 5.74) is -0.813. The summed E-state index contributed by atoms with van der Waals surface area (Å²) in [6.07, 6.45) is 3.12. The summed E-state index contributed by atoms with van der Waals surface area (Å²) in [7, 11) is 0. The Labute approximate surface area is 119 Å². The van der Waals surface area contributed by atoms with Crippen LogP contribution in [-0.4, -0.2) is 18.6 Å². The first kappa shape index (κ1) is 14.4. The van der Waals surface area contributed by atoms with Gasteiger partial charge in [-0.1, -0.05) is 31.0 Å². The minimum Gasteiger partial charge on any atom is -0.489 e. The zero-order valence-electron chi connectivity index (χ0n) is 11.8. The molecule has 0 saturated heterocycles. The smallest absolute Gasteiger partial charge is 0.240 e. The highest BCUT2D eigenvalue weighted by atomic mass is 16.5. The Hall–Kier alpha value is -2.02. The van der Waals surface area contributed by atoms with Crippen molar-refractivity contribution in [1.82, 2.24) is 5.32 Å². The van der Waals surface area contributed by atoms with Gasteiger partial charge in [0.2, 0.25) is 5.91 Å². The molecule has 1 aliphatic rings. The number of nitrogens with zero attached hydrogens (tertiary/aromatic N) is 1. The molecule has 1 aliphatic carbocycles. The van der Waals surface area contributed by atoms with Crippen molar-refractivity contribution in [2.24, 2.45) is 5.41 Å². The molecule has 0 heterocycles. The SMILES string of the molecule is CC(CNC(=O)C1(C#N)CCCC1)Oc1ccccc1. The number of nitriles is 1. The molecular formula is C16H20N2O2. The number of carbonyl (C=O) groups is 1. The van der Waals surface area contributed by atoms with Crippen molar-refractivity contribution in [3.8, 4) is 11.8 Å². The van der Waals surface area contributed by atoms with Crippen LogP contribution in [0.5, 0.6) is 5.75 Å². The van der Waals surface area contributed by atoms with E-state index >= 15 is 0 Å². The zero-order valence-corrected chi connectivity index (χ0v) is 11.8. The first-order valence-corrected chi connectivity index (χ1v) is 7.07. The number of rotatable bonds is 5. The van der Waals surface area contributed by atoms with Gasteiger partial charge < -0.3 is 10.1 Å². The minimum atomic E-state index is -0.813. The van der Waals surface area contributed by atoms with E-state index in [2.05, 4.69) is 11.4 Å². The van der Waals surface area contributed by atoms with E-state index in [1.807, 2.05) is 37.3 Å². The van der Waals surface area contributed by atoms with Gasteiger partial charge in [-0.05, 0) is 31.9 Å². The van der Waals surface area contributed by atoms with E-state index in [9.17, 15) is 10.1 Å². The van der Waals surface area contributed by atoms with Gasteiger partial charge in [-0.2, -0.15) is 5.26 Å². The second kappa shape index (κ2) is 6.42. The lowest BCUT2D eigenvalue weighted by Gasteiger charge is -2.21. The number of para-hydroxylation sites is 1. The number of benzene rings is 1. The molecule has 0 aromatic heterocycles. The molecule has 4 nitrogen and oxygen atoms in total. The van der Waals surface area contributed by atoms with Crippen molar-refractivity contribution < 1.29 is 9.53 Å². The Balaban J connectivity index is 1.83. The lowest BCUT2D eigenvalue weighted by Crippen LogP contribution is -2.42. The van der Waals surface area contributed by atoms with Crippen LogP contribution in [0.25, 0.3) is 0 Å². The maximum Gasteiger partial charge on any atom is 0.240 e. The molecule has 2 rings (SSSR count). The third-order valence-corrected chi connectivity index (χ3v) is 3.74. The van der Waals surface area contributed by atoms with Gasteiger partial charge in [0, 0.05) is 0 Å². The monoisotopic (exact) mass is 272 g/mol. The molecule has 106 valence electrons. The van der Waals surface area contributed by atoms with E-state index in [0.29, 0.717) is 19.4 Å². The van der Waals surface area contributed by atoms with Gasteiger partial charge >= 0.3 is 0 Å². The van der Waals surface area contributed by atoms with Gasteiger partial charge in [-0.15, -0.1) is 0 Å². The van der Waals surface area contributed by atoms with Gasteiger partial charge in [0.15, 0.2) is 0 Å². The summed E-state index contributed by atoms with van der Waals surface area (Å²) in [4.78, 5) is 12.2. The molecule has 1 atom stereocenters. The maximum atomic E-state index is 12.2. The second-order valence-electron chi connectivity index (χ2n) is 5.35. The molecule has 1 fully saturated rings. The molecular weight excluding hydrogens is 252 g/mol. The normalized spacial score (nSPS) is 18.0. The van der Waals surface area contributed by atoms with E-state index in [1.54, 1.807) is 0 Å². The fraction of sp³-hybridized carbons (Fsp3) is 0.500. The molecule has 0 radical (unpaired) electrons. The van der Waals surface area contributed by atoms with Gasteiger partial charge in [0.25, 0.3) is 0 Å². The maximum absolute atomic E-state index is 12.2. The third-order valence-electron chi connectivity index (χ3n) is 3.74. The fourth-order valence-electron chi connectivity index (χ4n) is 2.55. The van der Waals surface area contributed by atoms with E-state index in [1.165, 1.54) is 0 Å². The molecule has 1 amide bonds. The molecule has 0 aliphatic heterocycles. The van der Waals surface area contributed by atoms with Crippen molar-refractivity contribution in [2.75, 3.05) is 6.54 Å². The Kier molecular flexibility index (Phi) is 4.62. The van der Waals surface area contributed by atoms with E-state index in [0.717, 1.165) is 18.6 Å². The highest BCUT2D eigenvalue weighted by Crippen LogP contribution is 2.37. The Morgan fingerprint density at radius 1 is 1.40 bits per heavy atom. The number of amides is 1. The quantitative estimate of drug-likeness (QED) is 0.896. The number of nitrogens with one attached hydrogen (secondary N) is 1. The van der Waals surface area contributed by atoms with Gasteiger partial charge in [-0.25, -0.2) is 0 Å². The van der Waals surface area contributed by atoms with Crippen LogP contribution in [0.4, 0.5) is 0 Å². The van der Waals surface area contributed by atoms with E-state index in [4.69, 9.17) is 4.74 Å². The van der Waals surface area contributed by atoms with Crippen LogP contribution in [-0.2, 0) is 4.79 Å². The van der Waals surface area contributed by atoms with Crippen molar-refractivity contribution in [3.05, 3.63) is 30.3 Å². The highest BCUT2D eigenvalue weighted by molar-refractivity contribution is 5.85. The van der Waals surface area contributed by atoms with Crippen LogP contribution in [0.2, 0.25) is 0 Å². The third kappa shape index (κ3) is 3.30. The summed E-state index contributed by atoms with van der Waals surface area (Å²) in [6, 6.07) is 11.7. The molecule has 4 heteroatoms. The molecule has 1 saturated carbocycles. The topological polar surface area (TPSA) is 62.1 Å². The van der Waals surface area contributed by atoms with E-state index in [-0.39, 0.29) is 12.0 Å². The number of carbonyl (C=O) groups excluding carboxylic acids is 1. The predicted octanol–water partition coefficient (Wildman–Crippen LogP) is 2.65. The van der Waals surface area contributed by atoms with Gasteiger partial charge in [0.1, 0.15) is 17.3 Å². The van der Waals surface area contributed by atoms with Crippen LogP contribution in [0.3, 0.4) is 0 Å². The van der Waals surface area contributed by atoms with Crippen LogP contribution in [0, 0.1) is 16.7 Å². The predicted molar refractivity (Wildman–Crippen MR) is 76.1 cm³/mol. The number of ether oxygens (including phenoxy) is 1. The highest BCUT2D eigenvalue weighted by Gasteiger charge is 2.41. The van der Waals surface area contributed by atoms with Crippen LogP contribution in [0.15, 0.2) is 30.3 Å². The molecule has 1 unspecified atom stereocenters. The van der Waals surface area contributed by atoms with Crippen molar-refractivity contribution in [3.63, 3.8) is 0 Å². The number of hydrogen-bond donors (Lipinski definition) is 1. The summed E-state index contributed by atoms with van der Waals surface area (Å²) in [6.45, 7) is 2.32. The largest absolute Gasteiger partial charge is 0.489 e. The zero-order chi connectivity index (χ0) is 14.4.